The average Bonchev–Trinajstić information content (AvgIpc) is 2.27. The molecule has 2 atom stereocenters. The molecule has 0 aliphatic heterocycles. The van der Waals surface area contributed by atoms with Crippen molar-refractivity contribution in [3.8, 4) is 0 Å². The number of rotatable bonds is 7. The van der Waals surface area contributed by atoms with Crippen LogP contribution in [0.5, 0.6) is 0 Å². The van der Waals surface area contributed by atoms with E-state index in [-0.39, 0.29) is 13.0 Å². The number of nitrogens with one attached hydrogen (secondary N) is 1. The molecule has 96 valence electrons. The van der Waals surface area contributed by atoms with E-state index < -0.39 is 38.1 Å². The molecule has 0 spiro atoms. The van der Waals surface area contributed by atoms with Crippen LogP contribution in [0.15, 0.2) is 0 Å². The number of carbonyl (C=O) groups excluding carboxylic acids is 3. The van der Waals surface area contributed by atoms with Crippen molar-refractivity contribution in [2.24, 2.45) is 0 Å². The molecule has 0 saturated carbocycles. The Morgan fingerprint density at radius 2 is 1.94 bits per heavy atom. The Morgan fingerprint density at radius 3 is 2.41 bits per heavy atom. The summed E-state index contributed by atoms with van der Waals surface area (Å²) in [6.45, 7) is 2.60. The normalized spacial score (nSPS) is 13.8. The monoisotopic (exact) mass is 263 g/mol. The summed E-state index contributed by atoms with van der Waals surface area (Å²) >= 11 is 0. The molecule has 0 fully saturated rings. The lowest BCUT2D eigenvalue weighted by Gasteiger charge is -2.09. The van der Waals surface area contributed by atoms with Crippen molar-refractivity contribution in [1.29, 1.82) is 0 Å². The van der Waals surface area contributed by atoms with Crippen molar-refractivity contribution in [1.82, 2.24) is 5.32 Å². The van der Waals surface area contributed by atoms with Crippen LogP contribution in [-0.2, 0) is 23.7 Å². The van der Waals surface area contributed by atoms with Crippen LogP contribution in [-0.4, -0.2) is 41.3 Å². The standard InChI is InChI=1S/C9H14NO6P/c1-5(11)8(13)10-4-3-7(12)16-6(2)9(14)17-15/h5-6,11H,3-4H2,1-2H3,(H,10,13)/t5-,6-/m0/s1. The second-order valence-electron chi connectivity index (χ2n) is 3.28. The van der Waals surface area contributed by atoms with E-state index in [0.717, 1.165) is 0 Å². The summed E-state index contributed by atoms with van der Waals surface area (Å²) in [5.74, 6) is -1.29. The molecule has 0 rings (SSSR count). The summed E-state index contributed by atoms with van der Waals surface area (Å²) in [5, 5.41) is 11.1. The zero-order valence-corrected chi connectivity index (χ0v) is 10.4. The molecule has 17 heavy (non-hydrogen) atoms. The van der Waals surface area contributed by atoms with Crippen LogP contribution in [0.4, 0.5) is 0 Å². The molecule has 0 bridgehead atoms. The molecule has 0 saturated heterocycles. The molecule has 2 N–H and O–H groups in total. The summed E-state index contributed by atoms with van der Waals surface area (Å²) in [5.41, 5.74) is -0.730. The Bertz CT molecular complexity index is 317. The number of esters is 1. The fourth-order valence-corrected chi connectivity index (χ4v) is 1.02. The van der Waals surface area contributed by atoms with Crippen LogP contribution >= 0.6 is 8.46 Å². The lowest BCUT2D eigenvalue weighted by atomic mass is 10.3. The predicted octanol–water partition coefficient (Wildman–Crippen LogP) is -0.377. The van der Waals surface area contributed by atoms with Gasteiger partial charge in [-0.2, -0.15) is 0 Å². The van der Waals surface area contributed by atoms with E-state index in [9.17, 15) is 18.9 Å². The number of aliphatic hydroxyl groups excluding tert-OH is 1. The van der Waals surface area contributed by atoms with Crippen molar-refractivity contribution in [2.75, 3.05) is 6.54 Å². The Morgan fingerprint density at radius 1 is 1.35 bits per heavy atom. The van der Waals surface area contributed by atoms with Crippen LogP contribution in [0.1, 0.15) is 20.3 Å². The van der Waals surface area contributed by atoms with Crippen LogP contribution in [0, 0.1) is 0 Å². The Labute approximate surface area is 99.7 Å². The third kappa shape index (κ3) is 6.76. The molecule has 0 aliphatic carbocycles. The van der Waals surface area contributed by atoms with E-state index >= 15 is 0 Å². The molecule has 0 radical (unpaired) electrons. The summed E-state index contributed by atoms with van der Waals surface area (Å²) in [7, 11) is -0.712. The minimum absolute atomic E-state index is 0.00142. The van der Waals surface area contributed by atoms with Gasteiger partial charge in [-0.25, -0.2) is 0 Å². The minimum Gasteiger partial charge on any atom is -0.454 e. The van der Waals surface area contributed by atoms with Gasteiger partial charge in [0.1, 0.15) is 6.10 Å². The topological polar surface area (TPSA) is 110 Å². The Kier molecular flexibility index (Phi) is 7.25. The first-order valence-corrected chi connectivity index (χ1v) is 5.72. The quantitative estimate of drug-likeness (QED) is 0.478. The highest BCUT2D eigenvalue weighted by Gasteiger charge is 2.17. The maximum absolute atomic E-state index is 11.1. The summed E-state index contributed by atoms with van der Waals surface area (Å²) < 4.78 is 14.8. The molecule has 1 amide bonds. The van der Waals surface area contributed by atoms with E-state index in [4.69, 9.17) is 5.11 Å². The van der Waals surface area contributed by atoms with Crippen molar-refractivity contribution < 1.29 is 28.8 Å². The molecular weight excluding hydrogens is 249 g/mol. The van der Waals surface area contributed by atoms with Crippen LogP contribution in [0.3, 0.4) is 0 Å². The summed E-state index contributed by atoms with van der Waals surface area (Å²) in [4.78, 5) is 32.8. The molecular formula is C9H14NO6P. The van der Waals surface area contributed by atoms with Gasteiger partial charge in [0.15, 0.2) is 6.10 Å². The van der Waals surface area contributed by atoms with E-state index in [2.05, 4.69) is 10.1 Å². The van der Waals surface area contributed by atoms with Crippen molar-refractivity contribution in [2.45, 2.75) is 32.5 Å². The molecule has 0 aromatic heterocycles. The smallest absolute Gasteiger partial charge is 0.308 e. The minimum atomic E-state index is -1.15. The van der Waals surface area contributed by atoms with Gasteiger partial charge in [0.2, 0.25) is 14.4 Å². The number of hydrogen-bond donors (Lipinski definition) is 2. The lowest BCUT2D eigenvalue weighted by molar-refractivity contribution is -0.151. The first-order chi connectivity index (χ1) is 7.88. The molecule has 8 heteroatoms. The van der Waals surface area contributed by atoms with Gasteiger partial charge in [-0.1, -0.05) is 0 Å². The fraction of sp³-hybridized carbons (Fsp3) is 0.667. The maximum atomic E-state index is 11.1. The summed E-state index contributed by atoms with van der Waals surface area (Å²) in [6.07, 6.45) is -2.36. The van der Waals surface area contributed by atoms with Gasteiger partial charge in [0, 0.05) is 6.54 Å². The number of ether oxygens (including phenoxy) is 1. The highest BCUT2D eigenvalue weighted by molar-refractivity contribution is 7.46. The first-order valence-electron chi connectivity index (χ1n) is 4.91. The molecule has 0 aromatic rings. The molecule has 7 nitrogen and oxygen atoms in total. The number of aliphatic hydroxyl groups is 1. The molecule has 0 unspecified atom stereocenters. The zero-order chi connectivity index (χ0) is 13.4. The van der Waals surface area contributed by atoms with Gasteiger partial charge in [-0.3, -0.25) is 18.9 Å². The number of amides is 1. The number of carbonyl (C=O) groups is 3. The van der Waals surface area contributed by atoms with E-state index in [1.807, 2.05) is 0 Å². The third-order valence-electron chi connectivity index (χ3n) is 1.75. The van der Waals surface area contributed by atoms with Gasteiger partial charge >= 0.3 is 5.97 Å². The molecule has 0 aromatic carbocycles. The molecule has 0 heterocycles. The van der Waals surface area contributed by atoms with E-state index in [1.54, 1.807) is 0 Å². The Hall–Kier alpha value is -1.33. The zero-order valence-electron chi connectivity index (χ0n) is 9.50. The van der Waals surface area contributed by atoms with Gasteiger partial charge in [-0.05, 0) is 13.8 Å². The third-order valence-corrected chi connectivity index (χ3v) is 2.30. The highest BCUT2D eigenvalue weighted by atomic mass is 31.1. The van der Waals surface area contributed by atoms with Crippen LogP contribution in [0.2, 0.25) is 0 Å². The summed E-state index contributed by atoms with van der Waals surface area (Å²) in [6, 6.07) is 0. The van der Waals surface area contributed by atoms with Crippen LogP contribution < -0.4 is 5.32 Å². The van der Waals surface area contributed by atoms with Gasteiger partial charge in [0.05, 0.1) is 6.42 Å². The number of hydrogen-bond acceptors (Lipinski definition) is 6. The highest BCUT2D eigenvalue weighted by Crippen LogP contribution is 2.04. The van der Waals surface area contributed by atoms with Gasteiger partial charge in [-0.15, -0.1) is 0 Å². The SMILES string of the molecule is C[C@H](O)C(=O)NCCC(=O)O[C@@H](C)C(=O)P=O. The second kappa shape index (κ2) is 7.86. The Balaban J connectivity index is 3.85. The maximum Gasteiger partial charge on any atom is 0.308 e. The average molecular weight is 263 g/mol. The van der Waals surface area contributed by atoms with Crippen molar-refractivity contribution >= 4 is 25.9 Å². The van der Waals surface area contributed by atoms with E-state index in [1.165, 1.54) is 13.8 Å². The van der Waals surface area contributed by atoms with Crippen molar-refractivity contribution in [3.63, 3.8) is 0 Å². The largest absolute Gasteiger partial charge is 0.454 e. The van der Waals surface area contributed by atoms with Gasteiger partial charge in [0.25, 0.3) is 5.52 Å². The second-order valence-corrected chi connectivity index (χ2v) is 3.90. The molecule has 0 aliphatic rings. The van der Waals surface area contributed by atoms with E-state index in [0.29, 0.717) is 0 Å². The predicted molar refractivity (Wildman–Crippen MR) is 57.5 cm³/mol. The first kappa shape index (κ1) is 15.7. The van der Waals surface area contributed by atoms with Gasteiger partial charge < -0.3 is 15.2 Å². The lowest BCUT2D eigenvalue weighted by Crippen LogP contribution is -2.34. The van der Waals surface area contributed by atoms with Crippen molar-refractivity contribution in [3.05, 3.63) is 0 Å². The van der Waals surface area contributed by atoms with Crippen LogP contribution in [0.25, 0.3) is 0 Å². The fourth-order valence-electron chi connectivity index (χ4n) is 0.816.